The Kier molecular flexibility index (Phi) is 2.84. The van der Waals surface area contributed by atoms with Crippen molar-refractivity contribution >= 4 is 27.3 Å². The lowest BCUT2D eigenvalue weighted by atomic mass is 9.89. The van der Waals surface area contributed by atoms with Crippen molar-refractivity contribution < 1.29 is 4.74 Å². The Bertz CT molecular complexity index is 724. The molecule has 0 unspecified atom stereocenters. The largest absolute Gasteiger partial charge is 0.420 e. The van der Waals surface area contributed by atoms with Crippen LogP contribution < -0.4 is 10.5 Å². The molecule has 0 amide bonds. The molecule has 96 valence electrons. The highest BCUT2D eigenvalue weighted by molar-refractivity contribution is 9.10. The zero-order valence-electron chi connectivity index (χ0n) is 9.90. The Balaban J connectivity index is 2.24. The van der Waals surface area contributed by atoms with Gasteiger partial charge in [0, 0.05) is 20.4 Å². The molecule has 0 radical (unpaired) electrons. The number of nitrogens with one attached hydrogen (secondary N) is 1. The van der Waals surface area contributed by atoms with Gasteiger partial charge in [-0.2, -0.15) is 5.26 Å². The number of allylic oxidation sites excluding steroid dienone is 1. The van der Waals surface area contributed by atoms with Crippen molar-refractivity contribution in [3.63, 3.8) is 0 Å². The van der Waals surface area contributed by atoms with Crippen LogP contribution >= 0.6 is 27.3 Å². The minimum atomic E-state index is -0.219. The molecule has 0 saturated heterocycles. The first-order chi connectivity index (χ1) is 9.11. The molecule has 5 nitrogen and oxygen atoms in total. The molecule has 0 bridgehead atoms. The molecule has 0 saturated carbocycles. The van der Waals surface area contributed by atoms with Crippen molar-refractivity contribution in [3.8, 4) is 11.9 Å². The Hall–Kier alpha value is -1.78. The van der Waals surface area contributed by atoms with Gasteiger partial charge in [0.1, 0.15) is 11.6 Å². The normalized spacial score (nSPS) is 17.8. The number of nitrogens with zero attached hydrogens (tertiary/aromatic N) is 2. The Morgan fingerprint density at radius 3 is 3.05 bits per heavy atom. The van der Waals surface area contributed by atoms with Gasteiger partial charge in [-0.1, -0.05) is 0 Å². The predicted octanol–water partition coefficient (Wildman–Crippen LogP) is 2.76. The number of thiophene rings is 1. The molecule has 0 spiro atoms. The molecular weight excluding hydrogens is 328 g/mol. The number of aryl methyl sites for hydroxylation is 1. The van der Waals surface area contributed by atoms with Gasteiger partial charge in [-0.25, -0.2) is 0 Å². The average Bonchev–Trinajstić information content (AvgIpc) is 2.95. The van der Waals surface area contributed by atoms with Crippen LogP contribution in [0.1, 0.15) is 22.1 Å². The molecule has 2 aromatic rings. The van der Waals surface area contributed by atoms with Crippen molar-refractivity contribution in [2.75, 3.05) is 0 Å². The van der Waals surface area contributed by atoms with Crippen molar-refractivity contribution in [2.45, 2.75) is 12.8 Å². The van der Waals surface area contributed by atoms with Crippen LogP contribution in [0.4, 0.5) is 0 Å². The molecule has 19 heavy (non-hydrogen) atoms. The quantitative estimate of drug-likeness (QED) is 0.838. The number of hydrogen-bond donors (Lipinski definition) is 2. The monoisotopic (exact) mass is 336 g/mol. The number of H-pyrrole nitrogens is 1. The maximum absolute atomic E-state index is 9.35. The second-order valence-electron chi connectivity index (χ2n) is 4.16. The zero-order chi connectivity index (χ0) is 13.6. The van der Waals surface area contributed by atoms with Gasteiger partial charge in [-0.05, 0) is 28.9 Å². The lowest BCUT2D eigenvalue weighted by molar-refractivity contribution is 0.379. The van der Waals surface area contributed by atoms with E-state index in [0.717, 1.165) is 20.6 Å². The van der Waals surface area contributed by atoms with Gasteiger partial charge in [-0.3, -0.25) is 5.10 Å². The Labute approximate surface area is 121 Å². The highest BCUT2D eigenvalue weighted by atomic mass is 79.9. The van der Waals surface area contributed by atoms with E-state index in [1.807, 2.05) is 18.4 Å². The van der Waals surface area contributed by atoms with E-state index in [4.69, 9.17) is 10.5 Å². The van der Waals surface area contributed by atoms with Gasteiger partial charge >= 0.3 is 0 Å². The van der Waals surface area contributed by atoms with Gasteiger partial charge in [0.25, 0.3) is 0 Å². The smallest absolute Gasteiger partial charge is 0.244 e. The lowest BCUT2D eigenvalue weighted by Crippen LogP contribution is -2.20. The summed E-state index contributed by atoms with van der Waals surface area (Å²) in [5, 5.41) is 18.3. The molecule has 0 aliphatic carbocycles. The Morgan fingerprint density at radius 2 is 2.42 bits per heavy atom. The summed E-state index contributed by atoms with van der Waals surface area (Å²) in [5.74, 6) is 0.350. The van der Waals surface area contributed by atoms with Crippen molar-refractivity contribution in [2.24, 2.45) is 5.73 Å². The molecule has 2 aromatic heterocycles. The van der Waals surface area contributed by atoms with Gasteiger partial charge in [-0.15, -0.1) is 16.4 Å². The van der Waals surface area contributed by atoms with E-state index < -0.39 is 0 Å². The van der Waals surface area contributed by atoms with Crippen LogP contribution in [-0.4, -0.2) is 10.2 Å². The first-order valence-corrected chi connectivity index (χ1v) is 7.15. The molecule has 1 atom stereocenters. The minimum Gasteiger partial charge on any atom is -0.420 e. The number of aromatic amines is 1. The summed E-state index contributed by atoms with van der Waals surface area (Å²) in [6, 6.07) is 4.14. The van der Waals surface area contributed by atoms with Crippen molar-refractivity contribution in [1.29, 1.82) is 5.26 Å². The van der Waals surface area contributed by atoms with Crippen LogP contribution in [0, 0.1) is 18.3 Å². The van der Waals surface area contributed by atoms with E-state index in [1.165, 1.54) is 0 Å². The lowest BCUT2D eigenvalue weighted by Gasteiger charge is -2.22. The summed E-state index contributed by atoms with van der Waals surface area (Å²) in [4.78, 5) is 1.03. The molecule has 0 fully saturated rings. The summed E-state index contributed by atoms with van der Waals surface area (Å²) in [5.41, 5.74) is 8.00. The number of ether oxygens (including phenoxy) is 1. The predicted molar refractivity (Wildman–Crippen MR) is 74.6 cm³/mol. The third kappa shape index (κ3) is 1.84. The third-order valence-corrected chi connectivity index (χ3v) is 4.76. The maximum atomic E-state index is 9.35. The number of nitriles is 1. The van der Waals surface area contributed by atoms with Gasteiger partial charge < -0.3 is 10.5 Å². The highest BCUT2D eigenvalue weighted by Gasteiger charge is 2.34. The van der Waals surface area contributed by atoms with E-state index in [9.17, 15) is 5.26 Å². The highest BCUT2D eigenvalue weighted by Crippen LogP contribution is 2.44. The number of fused-ring (bicyclic) bond motifs is 1. The molecule has 0 aromatic carbocycles. The summed E-state index contributed by atoms with van der Waals surface area (Å²) in [7, 11) is 0. The molecule has 1 aliphatic heterocycles. The van der Waals surface area contributed by atoms with Gasteiger partial charge in [0.05, 0.1) is 11.5 Å². The number of halogens is 1. The molecule has 1 aliphatic rings. The minimum absolute atomic E-state index is 0.121. The van der Waals surface area contributed by atoms with Crippen LogP contribution in [0.15, 0.2) is 27.4 Å². The second-order valence-corrected chi connectivity index (χ2v) is 6.02. The van der Waals surface area contributed by atoms with E-state index in [0.29, 0.717) is 11.5 Å². The zero-order valence-corrected chi connectivity index (χ0v) is 12.3. The fourth-order valence-corrected chi connectivity index (χ4v) is 3.72. The third-order valence-electron chi connectivity index (χ3n) is 3.00. The van der Waals surface area contributed by atoms with Crippen LogP contribution in [0.2, 0.25) is 0 Å². The first-order valence-electron chi connectivity index (χ1n) is 5.48. The first kappa shape index (κ1) is 12.3. The summed E-state index contributed by atoms with van der Waals surface area (Å²) < 4.78 is 6.38. The van der Waals surface area contributed by atoms with E-state index in [-0.39, 0.29) is 11.8 Å². The van der Waals surface area contributed by atoms with Gasteiger partial charge in [0.15, 0.2) is 0 Å². The van der Waals surface area contributed by atoms with Crippen LogP contribution in [0.5, 0.6) is 5.88 Å². The van der Waals surface area contributed by atoms with E-state index >= 15 is 0 Å². The van der Waals surface area contributed by atoms with Crippen LogP contribution in [-0.2, 0) is 0 Å². The topological polar surface area (TPSA) is 87.7 Å². The number of rotatable bonds is 1. The van der Waals surface area contributed by atoms with Crippen LogP contribution in [0.25, 0.3) is 0 Å². The number of hydrogen-bond acceptors (Lipinski definition) is 5. The van der Waals surface area contributed by atoms with Crippen LogP contribution in [0.3, 0.4) is 0 Å². The van der Waals surface area contributed by atoms with E-state index in [2.05, 4.69) is 32.2 Å². The maximum Gasteiger partial charge on any atom is 0.244 e. The molecule has 3 N–H and O–H groups in total. The van der Waals surface area contributed by atoms with Crippen molar-refractivity contribution in [1.82, 2.24) is 10.2 Å². The fraction of sp³-hybridized carbons (Fsp3) is 0.167. The average molecular weight is 337 g/mol. The number of aromatic nitrogens is 2. The molecule has 3 rings (SSSR count). The summed E-state index contributed by atoms with van der Waals surface area (Å²) in [6.45, 7) is 1.90. The SMILES string of the molecule is Cc1[nH]nc2c1[C@@H](c1cc(Br)cs1)C(C#N)=C(N)O2. The fourth-order valence-electron chi connectivity index (χ4n) is 2.16. The van der Waals surface area contributed by atoms with Crippen molar-refractivity contribution in [3.05, 3.63) is 43.5 Å². The Morgan fingerprint density at radius 1 is 1.63 bits per heavy atom. The summed E-state index contributed by atoms with van der Waals surface area (Å²) in [6.07, 6.45) is 0. The van der Waals surface area contributed by atoms with E-state index in [1.54, 1.807) is 11.3 Å². The standard InChI is InChI=1S/C12H9BrN4OS/c1-5-9-10(8-2-6(13)4-19-8)7(3-14)11(15)18-12(9)17-16-5/h2,4,10H,15H2,1H3,(H,16,17)/t10-/m1/s1. The van der Waals surface area contributed by atoms with Gasteiger partial charge in [0.2, 0.25) is 11.8 Å². The summed E-state index contributed by atoms with van der Waals surface area (Å²) >= 11 is 5.00. The number of nitrogens with two attached hydrogens (primary N) is 1. The molecule has 7 heteroatoms. The molecule has 3 heterocycles. The second kappa shape index (κ2) is 4.40. The molecular formula is C12H9BrN4OS.